The molecule has 0 aliphatic rings. The van der Waals surface area contributed by atoms with Crippen LogP contribution in [0.15, 0.2) is 48.5 Å². The highest BCUT2D eigenvalue weighted by Gasteiger charge is 2.19. The van der Waals surface area contributed by atoms with E-state index in [2.05, 4.69) is 5.32 Å². The number of nitrogens with zero attached hydrogens (tertiary/aromatic N) is 1. The lowest BCUT2D eigenvalue weighted by atomic mass is 10.2. The van der Waals surface area contributed by atoms with Gasteiger partial charge in [-0.05, 0) is 31.2 Å². The van der Waals surface area contributed by atoms with Crippen LogP contribution < -0.4 is 19.7 Å². The highest BCUT2D eigenvalue weighted by atomic mass is 16.5. The minimum atomic E-state index is -0.326. The summed E-state index contributed by atoms with van der Waals surface area (Å²) in [6.07, 6.45) is 0. The first kappa shape index (κ1) is 18.3. The first-order chi connectivity index (χ1) is 12.1. The van der Waals surface area contributed by atoms with Gasteiger partial charge < -0.3 is 14.8 Å². The zero-order valence-corrected chi connectivity index (χ0v) is 14.6. The molecular formula is C19H22N2O4. The van der Waals surface area contributed by atoms with E-state index in [1.807, 2.05) is 13.0 Å². The van der Waals surface area contributed by atoms with Crippen molar-refractivity contribution in [3.8, 4) is 11.5 Å². The zero-order chi connectivity index (χ0) is 18.2. The summed E-state index contributed by atoms with van der Waals surface area (Å²) < 4.78 is 10.8. The van der Waals surface area contributed by atoms with Crippen molar-refractivity contribution in [1.82, 2.24) is 0 Å². The second-order valence-corrected chi connectivity index (χ2v) is 5.25. The number of carbonyl (C=O) groups is 2. The van der Waals surface area contributed by atoms with Gasteiger partial charge in [0.2, 0.25) is 11.8 Å². The molecule has 0 bridgehead atoms. The summed E-state index contributed by atoms with van der Waals surface area (Å²) >= 11 is 0. The number of methoxy groups -OCH3 is 1. The summed E-state index contributed by atoms with van der Waals surface area (Å²) in [4.78, 5) is 25.9. The molecule has 2 amide bonds. The fourth-order valence-electron chi connectivity index (χ4n) is 2.40. The predicted octanol–water partition coefficient (Wildman–Crippen LogP) is 3.09. The Kier molecular flexibility index (Phi) is 6.39. The van der Waals surface area contributed by atoms with Crippen LogP contribution in [-0.4, -0.2) is 32.1 Å². The molecule has 0 atom stereocenters. The molecule has 25 heavy (non-hydrogen) atoms. The summed E-state index contributed by atoms with van der Waals surface area (Å²) in [6, 6.07) is 14.2. The van der Waals surface area contributed by atoms with Crippen LogP contribution in [0.1, 0.15) is 13.8 Å². The van der Waals surface area contributed by atoms with E-state index >= 15 is 0 Å². The molecule has 0 aliphatic heterocycles. The molecule has 2 aromatic rings. The number of hydrogen-bond acceptors (Lipinski definition) is 4. The van der Waals surface area contributed by atoms with Crippen molar-refractivity contribution in [3.63, 3.8) is 0 Å². The maximum absolute atomic E-state index is 12.5. The molecule has 132 valence electrons. The fourth-order valence-corrected chi connectivity index (χ4v) is 2.40. The van der Waals surface area contributed by atoms with Gasteiger partial charge in [0, 0.05) is 6.92 Å². The maximum atomic E-state index is 12.5. The number of rotatable bonds is 7. The molecule has 0 saturated carbocycles. The molecular weight excluding hydrogens is 320 g/mol. The number of amides is 2. The van der Waals surface area contributed by atoms with E-state index in [9.17, 15) is 9.59 Å². The molecule has 1 N–H and O–H groups in total. The van der Waals surface area contributed by atoms with E-state index in [1.165, 1.54) is 18.9 Å². The van der Waals surface area contributed by atoms with Gasteiger partial charge in [-0.1, -0.05) is 24.3 Å². The molecule has 0 unspecified atom stereocenters. The molecule has 6 nitrogen and oxygen atoms in total. The highest BCUT2D eigenvalue weighted by molar-refractivity contribution is 6.03. The van der Waals surface area contributed by atoms with E-state index in [0.717, 1.165) is 0 Å². The Morgan fingerprint density at radius 2 is 1.68 bits per heavy atom. The van der Waals surface area contributed by atoms with Crippen LogP contribution in [0.5, 0.6) is 11.5 Å². The third-order valence-electron chi connectivity index (χ3n) is 3.52. The van der Waals surface area contributed by atoms with E-state index in [4.69, 9.17) is 9.47 Å². The van der Waals surface area contributed by atoms with Crippen LogP contribution in [0.3, 0.4) is 0 Å². The van der Waals surface area contributed by atoms with Gasteiger partial charge in [0.05, 0.1) is 25.1 Å². The Labute approximate surface area is 147 Å². The smallest absolute Gasteiger partial charge is 0.244 e. The first-order valence-electron chi connectivity index (χ1n) is 7.99. The molecule has 0 spiro atoms. The number of carbonyl (C=O) groups excluding carboxylic acids is 2. The molecule has 6 heteroatoms. The standard InChI is InChI=1S/C19H22N2O4/c1-4-25-17-11-7-5-9-15(17)20-19(23)13-21(14(2)22)16-10-6-8-12-18(16)24-3/h5-12H,4,13H2,1-3H3,(H,20,23). The molecule has 2 aromatic carbocycles. The average molecular weight is 342 g/mol. The topological polar surface area (TPSA) is 67.9 Å². The Hall–Kier alpha value is -3.02. The maximum Gasteiger partial charge on any atom is 0.244 e. The molecule has 2 rings (SSSR count). The van der Waals surface area contributed by atoms with E-state index < -0.39 is 0 Å². The van der Waals surface area contributed by atoms with Crippen molar-refractivity contribution in [3.05, 3.63) is 48.5 Å². The molecule has 0 radical (unpaired) electrons. The first-order valence-corrected chi connectivity index (χ1v) is 7.99. The lowest BCUT2D eigenvalue weighted by Crippen LogP contribution is -2.37. The van der Waals surface area contributed by atoms with Crippen molar-refractivity contribution in [2.45, 2.75) is 13.8 Å². The minimum absolute atomic E-state index is 0.129. The van der Waals surface area contributed by atoms with Gasteiger partial charge in [0.15, 0.2) is 0 Å². The Morgan fingerprint density at radius 1 is 1.04 bits per heavy atom. The van der Waals surface area contributed by atoms with Gasteiger partial charge in [-0.3, -0.25) is 14.5 Å². The molecule has 0 fully saturated rings. The van der Waals surface area contributed by atoms with E-state index in [-0.39, 0.29) is 18.4 Å². The largest absolute Gasteiger partial charge is 0.495 e. The van der Waals surface area contributed by atoms with Crippen molar-refractivity contribution in [2.75, 3.05) is 30.5 Å². The Bertz CT molecular complexity index is 746. The van der Waals surface area contributed by atoms with Crippen molar-refractivity contribution < 1.29 is 19.1 Å². The monoisotopic (exact) mass is 342 g/mol. The molecule has 0 aromatic heterocycles. The number of benzene rings is 2. The van der Waals surface area contributed by atoms with Crippen LogP contribution in [0.4, 0.5) is 11.4 Å². The Balaban J connectivity index is 2.18. The number of anilines is 2. The SMILES string of the molecule is CCOc1ccccc1NC(=O)CN(C(C)=O)c1ccccc1OC. The average Bonchev–Trinajstić information content (AvgIpc) is 2.61. The number of para-hydroxylation sites is 4. The minimum Gasteiger partial charge on any atom is -0.495 e. The van der Waals surface area contributed by atoms with Crippen LogP contribution in [0.25, 0.3) is 0 Å². The van der Waals surface area contributed by atoms with Crippen molar-refractivity contribution in [2.24, 2.45) is 0 Å². The second-order valence-electron chi connectivity index (χ2n) is 5.25. The van der Waals surface area contributed by atoms with E-state index in [1.54, 1.807) is 42.5 Å². The number of hydrogen-bond donors (Lipinski definition) is 1. The fraction of sp³-hybridized carbons (Fsp3) is 0.263. The quantitative estimate of drug-likeness (QED) is 0.840. The lowest BCUT2D eigenvalue weighted by Gasteiger charge is -2.23. The van der Waals surface area contributed by atoms with Gasteiger partial charge in [0.1, 0.15) is 18.0 Å². The number of nitrogens with one attached hydrogen (secondary N) is 1. The summed E-state index contributed by atoms with van der Waals surface area (Å²) in [5.74, 6) is 0.538. The Morgan fingerprint density at radius 3 is 2.32 bits per heavy atom. The van der Waals surface area contributed by atoms with Crippen molar-refractivity contribution >= 4 is 23.2 Å². The molecule has 0 heterocycles. The second kappa shape index (κ2) is 8.73. The van der Waals surface area contributed by atoms with E-state index in [0.29, 0.717) is 29.5 Å². The van der Waals surface area contributed by atoms with Crippen molar-refractivity contribution in [1.29, 1.82) is 0 Å². The van der Waals surface area contributed by atoms with Gasteiger partial charge in [-0.25, -0.2) is 0 Å². The highest BCUT2D eigenvalue weighted by Crippen LogP contribution is 2.28. The van der Waals surface area contributed by atoms with Gasteiger partial charge >= 0.3 is 0 Å². The van der Waals surface area contributed by atoms with Gasteiger partial charge in [-0.15, -0.1) is 0 Å². The van der Waals surface area contributed by atoms with Gasteiger partial charge in [-0.2, -0.15) is 0 Å². The predicted molar refractivity (Wildman–Crippen MR) is 97.3 cm³/mol. The van der Waals surface area contributed by atoms with Crippen LogP contribution in [0, 0.1) is 0 Å². The third kappa shape index (κ3) is 4.73. The summed E-state index contributed by atoms with van der Waals surface area (Å²) in [7, 11) is 1.52. The zero-order valence-electron chi connectivity index (χ0n) is 14.6. The molecule has 0 saturated heterocycles. The van der Waals surface area contributed by atoms with Gasteiger partial charge in [0.25, 0.3) is 0 Å². The summed E-state index contributed by atoms with van der Waals surface area (Å²) in [5.41, 5.74) is 1.11. The van der Waals surface area contributed by atoms with Crippen LogP contribution >= 0.6 is 0 Å². The summed E-state index contributed by atoms with van der Waals surface area (Å²) in [5, 5.41) is 2.79. The number of ether oxygens (including phenoxy) is 2. The summed E-state index contributed by atoms with van der Waals surface area (Å²) in [6.45, 7) is 3.65. The van der Waals surface area contributed by atoms with Crippen LogP contribution in [0.2, 0.25) is 0 Å². The van der Waals surface area contributed by atoms with Crippen LogP contribution in [-0.2, 0) is 9.59 Å². The molecule has 0 aliphatic carbocycles. The lowest BCUT2D eigenvalue weighted by molar-refractivity contribution is -0.120. The normalized spacial score (nSPS) is 10.0. The third-order valence-corrected chi connectivity index (χ3v) is 3.52.